The third kappa shape index (κ3) is 3.24. The molecule has 0 fully saturated rings. The minimum Gasteiger partial charge on any atom is -0.386 e. The average molecular weight is 360 g/mol. The van der Waals surface area contributed by atoms with E-state index >= 15 is 0 Å². The van der Waals surface area contributed by atoms with Crippen LogP contribution in [0.3, 0.4) is 0 Å². The van der Waals surface area contributed by atoms with Crippen molar-refractivity contribution in [3.8, 4) is 0 Å². The van der Waals surface area contributed by atoms with Crippen molar-refractivity contribution in [1.82, 2.24) is 0 Å². The Morgan fingerprint density at radius 3 is 1.42 bits per heavy atom. The second kappa shape index (κ2) is 7.56. The molecule has 0 amide bonds. The van der Waals surface area contributed by atoms with Gasteiger partial charge in [0.1, 0.15) is 0 Å². The van der Waals surface area contributed by atoms with Crippen molar-refractivity contribution in [3.05, 3.63) is 22.3 Å². The summed E-state index contributed by atoms with van der Waals surface area (Å²) < 4.78 is 9.77. The number of esters is 4. The van der Waals surface area contributed by atoms with Crippen molar-refractivity contribution in [2.45, 2.75) is 65.2 Å². The number of cyclic esters (lactones) is 4. The first-order valence-electron chi connectivity index (χ1n) is 9.46. The van der Waals surface area contributed by atoms with Gasteiger partial charge in [-0.05, 0) is 37.5 Å². The standard InChI is InChI=1S/C20H24O6/c1-3-5-7-11-9-13-16(20(24)26-17(13)21)12(8-6-4-2)10-14-15(11)19(23)25-18(14)22/h11-12H,3-10H2,1-2H3. The summed E-state index contributed by atoms with van der Waals surface area (Å²) in [6, 6.07) is 0. The number of ether oxygens (including phenoxy) is 2. The van der Waals surface area contributed by atoms with E-state index in [4.69, 9.17) is 9.47 Å². The minimum atomic E-state index is -0.602. The summed E-state index contributed by atoms with van der Waals surface area (Å²) in [4.78, 5) is 49.2. The molecule has 0 saturated heterocycles. The van der Waals surface area contributed by atoms with Crippen LogP contribution < -0.4 is 0 Å². The molecule has 0 aromatic carbocycles. The largest absolute Gasteiger partial charge is 0.386 e. The van der Waals surface area contributed by atoms with Crippen LogP contribution in [0, 0.1) is 11.8 Å². The van der Waals surface area contributed by atoms with Crippen LogP contribution in [0.25, 0.3) is 0 Å². The Balaban J connectivity index is 2.06. The molecule has 0 spiro atoms. The van der Waals surface area contributed by atoms with Crippen molar-refractivity contribution in [3.63, 3.8) is 0 Å². The normalized spacial score (nSPS) is 25.8. The van der Waals surface area contributed by atoms with Crippen molar-refractivity contribution in [2.24, 2.45) is 11.8 Å². The summed E-state index contributed by atoms with van der Waals surface area (Å²) in [6.07, 6.45) is 5.40. The van der Waals surface area contributed by atoms with Gasteiger partial charge in [-0.15, -0.1) is 0 Å². The zero-order chi connectivity index (χ0) is 18.8. The van der Waals surface area contributed by atoms with Gasteiger partial charge in [-0.3, -0.25) is 0 Å². The molecule has 1 aliphatic carbocycles. The molecule has 2 aliphatic heterocycles. The summed E-state index contributed by atoms with van der Waals surface area (Å²) in [5.74, 6) is -2.98. The zero-order valence-electron chi connectivity index (χ0n) is 15.3. The Morgan fingerprint density at radius 1 is 0.692 bits per heavy atom. The van der Waals surface area contributed by atoms with Gasteiger partial charge in [-0.1, -0.05) is 39.5 Å². The third-order valence-electron chi connectivity index (χ3n) is 5.48. The molecule has 0 bridgehead atoms. The molecule has 2 atom stereocenters. The van der Waals surface area contributed by atoms with E-state index in [0.29, 0.717) is 35.1 Å². The molecular formula is C20H24O6. The molecule has 0 aromatic heterocycles. The topological polar surface area (TPSA) is 86.7 Å². The summed E-state index contributed by atoms with van der Waals surface area (Å²) in [5, 5.41) is 0. The molecule has 3 rings (SSSR count). The van der Waals surface area contributed by atoms with Crippen molar-refractivity contribution in [2.75, 3.05) is 0 Å². The van der Waals surface area contributed by atoms with Crippen molar-refractivity contribution in [1.29, 1.82) is 0 Å². The molecule has 0 aromatic rings. The second-order valence-corrected chi connectivity index (χ2v) is 7.22. The Hall–Kier alpha value is -2.24. The summed E-state index contributed by atoms with van der Waals surface area (Å²) in [7, 11) is 0. The highest BCUT2D eigenvalue weighted by molar-refractivity contribution is 6.15. The smallest absolute Gasteiger partial charge is 0.342 e. The first kappa shape index (κ1) is 18.5. The van der Waals surface area contributed by atoms with E-state index in [1.165, 1.54) is 0 Å². The van der Waals surface area contributed by atoms with Gasteiger partial charge in [0.05, 0.1) is 11.1 Å². The fourth-order valence-corrected chi connectivity index (χ4v) is 4.17. The van der Waals surface area contributed by atoms with Crippen molar-refractivity contribution >= 4 is 23.9 Å². The van der Waals surface area contributed by atoms with Gasteiger partial charge < -0.3 is 9.47 Å². The van der Waals surface area contributed by atoms with Crippen LogP contribution in [0.4, 0.5) is 0 Å². The van der Waals surface area contributed by atoms with E-state index in [-0.39, 0.29) is 24.7 Å². The zero-order valence-corrected chi connectivity index (χ0v) is 15.3. The maximum atomic E-state index is 12.3. The van der Waals surface area contributed by atoms with Crippen LogP contribution in [-0.2, 0) is 28.7 Å². The van der Waals surface area contributed by atoms with Gasteiger partial charge in [0, 0.05) is 11.1 Å². The molecule has 2 heterocycles. The highest BCUT2D eigenvalue weighted by Gasteiger charge is 2.46. The van der Waals surface area contributed by atoms with Gasteiger partial charge in [-0.25, -0.2) is 19.2 Å². The SMILES string of the molecule is CCCCC1CC2=C(C(=O)OC2=O)C(CCCC)CC2=C1C(=O)OC2=O. The van der Waals surface area contributed by atoms with E-state index in [1.54, 1.807) is 0 Å². The average Bonchev–Trinajstić information content (AvgIpc) is 3.00. The molecule has 0 N–H and O–H groups in total. The quantitative estimate of drug-likeness (QED) is 0.534. The van der Waals surface area contributed by atoms with E-state index in [1.807, 2.05) is 13.8 Å². The molecule has 2 unspecified atom stereocenters. The number of hydrogen-bond acceptors (Lipinski definition) is 6. The molecule has 3 aliphatic rings. The highest BCUT2D eigenvalue weighted by Crippen LogP contribution is 2.43. The first-order valence-corrected chi connectivity index (χ1v) is 9.46. The third-order valence-corrected chi connectivity index (χ3v) is 5.48. The Labute approximate surface area is 152 Å². The number of rotatable bonds is 6. The predicted octanol–water partition coefficient (Wildman–Crippen LogP) is 3.15. The van der Waals surface area contributed by atoms with Crippen molar-refractivity contribution < 1.29 is 28.7 Å². The predicted molar refractivity (Wildman–Crippen MR) is 91.5 cm³/mol. The van der Waals surface area contributed by atoms with Crippen LogP contribution in [0.15, 0.2) is 22.3 Å². The van der Waals surface area contributed by atoms with E-state index in [9.17, 15) is 19.2 Å². The lowest BCUT2D eigenvalue weighted by atomic mass is 9.76. The lowest BCUT2D eigenvalue weighted by Gasteiger charge is -2.24. The van der Waals surface area contributed by atoms with Crippen LogP contribution in [0.2, 0.25) is 0 Å². The van der Waals surface area contributed by atoms with Crippen LogP contribution in [0.1, 0.15) is 65.2 Å². The molecular weight excluding hydrogens is 336 g/mol. The summed E-state index contributed by atoms with van der Waals surface area (Å²) >= 11 is 0. The van der Waals surface area contributed by atoms with Gasteiger partial charge in [-0.2, -0.15) is 0 Å². The van der Waals surface area contributed by atoms with Gasteiger partial charge in [0.2, 0.25) is 0 Å². The maximum absolute atomic E-state index is 12.3. The molecule has 6 heteroatoms. The van der Waals surface area contributed by atoms with E-state index in [2.05, 4.69) is 0 Å². The lowest BCUT2D eigenvalue weighted by molar-refractivity contribution is -0.153. The first-order chi connectivity index (χ1) is 12.5. The van der Waals surface area contributed by atoms with Crippen LogP contribution >= 0.6 is 0 Å². The molecule has 26 heavy (non-hydrogen) atoms. The lowest BCUT2D eigenvalue weighted by Crippen LogP contribution is -2.20. The fourth-order valence-electron chi connectivity index (χ4n) is 4.17. The summed E-state index contributed by atoms with van der Waals surface area (Å²) in [6.45, 7) is 4.07. The van der Waals surface area contributed by atoms with Crippen LogP contribution in [0.5, 0.6) is 0 Å². The Bertz CT molecular complexity index is 665. The maximum Gasteiger partial charge on any atom is 0.342 e. The van der Waals surface area contributed by atoms with Gasteiger partial charge >= 0.3 is 23.9 Å². The Kier molecular flexibility index (Phi) is 5.39. The number of carbonyl (C=O) groups excluding carboxylic acids is 4. The second-order valence-electron chi connectivity index (χ2n) is 7.22. The number of carbonyl (C=O) groups is 4. The van der Waals surface area contributed by atoms with Gasteiger partial charge in [0.15, 0.2) is 0 Å². The number of unbranched alkanes of at least 4 members (excludes halogenated alkanes) is 2. The highest BCUT2D eigenvalue weighted by atomic mass is 16.6. The molecule has 0 saturated carbocycles. The summed E-state index contributed by atoms with van der Waals surface area (Å²) in [5.41, 5.74) is 1.58. The molecule has 140 valence electrons. The molecule has 0 radical (unpaired) electrons. The fraction of sp³-hybridized carbons (Fsp3) is 0.600. The monoisotopic (exact) mass is 360 g/mol. The van der Waals surface area contributed by atoms with Crippen LogP contribution in [-0.4, -0.2) is 23.9 Å². The number of hydrogen-bond donors (Lipinski definition) is 0. The van der Waals surface area contributed by atoms with Gasteiger partial charge in [0.25, 0.3) is 0 Å². The van der Waals surface area contributed by atoms with E-state index in [0.717, 1.165) is 25.7 Å². The molecule has 6 nitrogen and oxygen atoms in total. The Morgan fingerprint density at radius 2 is 1.08 bits per heavy atom. The minimum absolute atomic E-state index is 0.254. The van der Waals surface area contributed by atoms with E-state index < -0.39 is 23.9 Å².